The van der Waals surface area contributed by atoms with Crippen LogP contribution in [0.2, 0.25) is 0 Å². The van der Waals surface area contributed by atoms with Crippen LogP contribution >= 0.6 is 0 Å². The van der Waals surface area contributed by atoms with Crippen LogP contribution in [-0.4, -0.2) is 47.1 Å². The molecule has 0 bridgehead atoms. The molecule has 0 saturated heterocycles. The molecule has 0 fully saturated rings. The van der Waals surface area contributed by atoms with Crippen molar-refractivity contribution < 1.29 is 24.2 Å². The predicted octanol–water partition coefficient (Wildman–Crippen LogP) is 0.680. The molecule has 110 valence electrons. The molecule has 1 amide bonds. The Morgan fingerprint density at radius 3 is 2.30 bits per heavy atom. The monoisotopic (exact) mass is 282 g/mol. The number of Topliss-reactive ketones (excluding diaryl/α,β-unsaturated/α-hetero) is 1. The number of carbonyl (C=O) groups excluding carboxylic acids is 2. The van der Waals surface area contributed by atoms with E-state index >= 15 is 0 Å². The van der Waals surface area contributed by atoms with Gasteiger partial charge in [-0.2, -0.15) is 0 Å². The average molecular weight is 282 g/mol. The lowest BCUT2D eigenvalue weighted by Crippen LogP contribution is -2.48. The van der Waals surface area contributed by atoms with Crippen LogP contribution in [0.25, 0.3) is 0 Å². The Hall–Kier alpha value is -2.15. The topological polar surface area (TPSA) is 88.8 Å². The number of nitrogens with zero attached hydrogens (tertiary/aromatic N) is 2. The van der Waals surface area contributed by atoms with Crippen molar-refractivity contribution in [2.24, 2.45) is 7.05 Å². The summed E-state index contributed by atoms with van der Waals surface area (Å²) >= 11 is 0. The fourth-order valence-electron chi connectivity index (χ4n) is 2.05. The molecule has 7 heteroatoms. The number of carboxylic acid groups (broad SMARTS) is 1. The SMILES string of the molecule is COCC(C(=O)O)N(C(C)=O)c1ccc(C(C)=O)n1C. The van der Waals surface area contributed by atoms with Crippen molar-refractivity contribution >= 4 is 23.5 Å². The van der Waals surface area contributed by atoms with E-state index in [1.165, 1.54) is 25.5 Å². The van der Waals surface area contributed by atoms with Gasteiger partial charge in [-0.1, -0.05) is 0 Å². The third kappa shape index (κ3) is 3.05. The molecule has 1 rings (SSSR count). The van der Waals surface area contributed by atoms with Crippen LogP contribution in [0.1, 0.15) is 24.3 Å². The third-order valence-corrected chi connectivity index (χ3v) is 2.96. The molecule has 0 aliphatic carbocycles. The maximum atomic E-state index is 11.8. The second kappa shape index (κ2) is 6.33. The first kappa shape index (κ1) is 15.9. The lowest BCUT2D eigenvalue weighted by atomic mass is 10.2. The molecule has 1 heterocycles. The Morgan fingerprint density at radius 2 is 1.95 bits per heavy atom. The molecule has 0 aliphatic heterocycles. The van der Waals surface area contributed by atoms with E-state index in [0.717, 1.165) is 4.90 Å². The first-order chi connectivity index (χ1) is 9.31. The summed E-state index contributed by atoms with van der Waals surface area (Å²) in [6.07, 6.45) is 0. The third-order valence-electron chi connectivity index (χ3n) is 2.96. The van der Waals surface area contributed by atoms with Crippen LogP contribution in [0.15, 0.2) is 12.1 Å². The largest absolute Gasteiger partial charge is 0.480 e. The number of rotatable bonds is 6. The molecule has 20 heavy (non-hydrogen) atoms. The van der Waals surface area contributed by atoms with Crippen molar-refractivity contribution in [2.45, 2.75) is 19.9 Å². The number of carboxylic acids is 1. The highest BCUT2D eigenvalue weighted by atomic mass is 16.5. The second-order valence-electron chi connectivity index (χ2n) is 4.39. The van der Waals surface area contributed by atoms with E-state index in [-0.39, 0.29) is 12.4 Å². The Kier molecular flexibility index (Phi) is 5.04. The van der Waals surface area contributed by atoms with Gasteiger partial charge in [0.1, 0.15) is 5.82 Å². The van der Waals surface area contributed by atoms with E-state index in [1.54, 1.807) is 19.2 Å². The van der Waals surface area contributed by atoms with Crippen molar-refractivity contribution in [2.75, 3.05) is 18.6 Å². The van der Waals surface area contributed by atoms with Crippen molar-refractivity contribution in [3.8, 4) is 0 Å². The summed E-state index contributed by atoms with van der Waals surface area (Å²) in [5.41, 5.74) is 0.396. The van der Waals surface area contributed by atoms with Gasteiger partial charge in [0.25, 0.3) is 0 Å². The molecule has 1 unspecified atom stereocenters. The minimum absolute atomic E-state index is 0.143. The highest BCUT2D eigenvalue weighted by molar-refractivity contribution is 5.99. The predicted molar refractivity (Wildman–Crippen MR) is 71.9 cm³/mol. The number of anilines is 1. The highest BCUT2D eigenvalue weighted by Gasteiger charge is 2.31. The molecule has 1 aromatic rings. The first-order valence-electron chi connectivity index (χ1n) is 5.99. The fourth-order valence-corrected chi connectivity index (χ4v) is 2.05. The standard InChI is InChI=1S/C13H18N2O5/c1-8(16)10-5-6-12(14(10)3)15(9(2)17)11(7-20-4)13(18)19/h5-6,11H,7H2,1-4H3,(H,18,19). The van der Waals surface area contributed by atoms with E-state index in [9.17, 15) is 19.5 Å². The zero-order chi connectivity index (χ0) is 15.4. The Bertz CT molecular complexity index is 535. The normalized spacial score (nSPS) is 12.0. The number of ketones is 1. The number of hydrogen-bond acceptors (Lipinski definition) is 4. The summed E-state index contributed by atoms with van der Waals surface area (Å²) in [6, 6.07) is 1.95. The maximum Gasteiger partial charge on any atom is 0.329 e. The molecule has 1 N–H and O–H groups in total. The molecule has 0 spiro atoms. The number of amides is 1. The highest BCUT2D eigenvalue weighted by Crippen LogP contribution is 2.21. The van der Waals surface area contributed by atoms with Gasteiger partial charge in [-0.3, -0.25) is 14.5 Å². The first-order valence-corrected chi connectivity index (χ1v) is 5.99. The van der Waals surface area contributed by atoms with Crippen LogP contribution < -0.4 is 4.90 Å². The summed E-state index contributed by atoms with van der Waals surface area (Å²) in [5.74, 6) is -1.44. The van der Waals surface area contributed by atoms with Gasteiger partial charge in [-0.05, 0) is 12.1 Å². The number of methoxy groups -OCH3 is 1. The van der Waals surface area contributed by atoms with Gasteiger partial charge in [-0.25, -0.2) is 4.79 Å². The van der Waals surface area contributed by atoms with Crippen LogP contribution in [0.3, 0.4) is 0 Å². The number of aromatic nitrogens is 1. The van der Waals surface area contributed by atoms with E-state index in [2.05, 4.69) is 0 Å². The van der Waals surface area contributed by atoms with Crippen LogP contribution in [0.5, 0.6) is 0 Å². The van der Waals surface area contributed by atoms with Crippen molar-refractivity contribution in [3.63, 3.8) is 0 Å². The smallest absolute Gasteiger partial charge is 0.329 e. The lowest BCUT2D eigenvalue weighted by molar-refractivity contribution is -0.141. The fraction of sp³-hybridized carbons (Fsp3) is 0.462. The molecular formula is C13H18N2O5. The van der Waals surface area contributed by atoms with Gasteiger partial charge < -0.3 is 14.4 Å². The summed E-state index contributed by atoms with van der Waals surface area (Å²) in [7, 11) is 2.97. The van der Waals surface area contributed by atoms with Gasteiger partial charge in [0.15, 0.2) is 11.8 Å². The van der Waals surface area contributed by atoms with E-state index in [0.29, 0.717) is 11.5 Å². The molecule has 1 aromatic heterocycles. The summed E-state index contributed by atoms with van der Waals surface area (Å²) in [5, 5.41) is 9.24. The zero-order valence-electron chi connectivity index (χ0n) is 11.9. The summed E-state index contributed by atoms with van der Waals surface area (Å²) in [4.78, 5) is 35.7. The molecule has 0 saturated carbocycles. The lowest BCUT2D eigenvalue weighted by Gasteiger charge is -2.27. The van der Waals surface area contributed by atoms with Crippen molar-refractivity contribution in [3.05, 3.63) is 17.8 Å². The second-order valence-corrected chi connectivity index (χ2v) is 4.39. The molecule has 0 aliphatic rings. The number of hydrogen-bond donors (Lipinski definition) is 1. The van der Waals surface area contributed by atoms with E-state index in [4.69, 9.17) is 4.74 Å². The van der Waals surface area contributed by atoms with Gasteiger partial charge in [0.2, 0.25) is 5.91 Å². The molecule has 0 radical (unpaired) electrons. The number of ether oxygens (including phenoxy) is 1. The molecule has 1 atom stereocenters. The van der Waals surface area contributed by atoms with Crippen LogP contribution in [-0.2, 0) is 21.4 Å². The van der Waals surface area contributed by atoms with Gasteiger partial charge in [0, 0.05) is 28.0 Å². The average Bonchev–Trinajstić information content (AvgIpc) is 2.70. The van der Waals surface area contributed by atoms with Gasteiger partial charge in [0.05, 0.1) is 12.3 Å². The number of carbonyl (C=O) groups is 3. The van der Waals surface area contributed by atoms with E-state index < -0.39 is 17.9 Å². The van der Waals surface area contributed by atoms with Gasteiger partial charge >= 0.3 is 5.97 Å². The number of aliphatic carboxylic acids is 1. The van der Waals surface area contributed by atoms with Crippen LogP contribution in [0, 0.1) is 0 Å². The molecular weight excluding hydrogens is 264 g/mol. The summed E-state index contributed by atoms with van der Waals surface area (Å²) in [6.45, 7) is 2.53. The van der Waals surface area contributed by atoms with Crippen molar-refractivity contribution in [1.82, 2.24) is 4.57 Å². The Morgan fingerprint density at radius 1 is 1.35 bits per heavy atom. The quantitative estimate of drug-likeness (QED) is 0.775. The van der Waals surface area contributed by atoms with E-state index in [1.807, 2.05) is 0 Å². The zero-order valence-corrected chi connectivity index (χ0v) is 11.9. The maximum absolute atomic E-state index is 11.8. The Labute approximate surface area is 116 Å². The van der Waals surface area contributed by atoms with Crippen molar-refractivity contribution in [1.29, 1.82) is 0 Å². The molecule has 0 aromatic carbocycles. The summed E-state index contributed by atoms with van der Waals surface area (Å²) < 4.78 is 6.36. The van der Waals surface area contributed by atoms with Crippen LogP contribution in [0.4, 0.5) is 5.82 Å². The minimum Gasteiger partial charge on any atom is -0.480 e. The van der Waals surface area contributed by atoms with Gasteiger partial charge in [-0.15, -0.1) is 0 Å². The minimum atomic E-state index is -1.17. The Balaban J connectivity index is 3.30. The molecule has 7 nitrogen and oxygen atoms in total.